The van der Waals surface area contributed by atoms with Gasteiger partial charge in [0.1, 0.15) is 6.04 Å². The number of carbonyl (C=O) groups is 1. The molecule has 0 saturated carbocycles. The minimum atomic E-state index is -0.0901. The average Bonchev–Trinajstić information content (AvgIpc) is 2.25. The molecule has 4 heteroatoms. The molecule has 0 aliphatic carbocycles. The molecule has 0 aromatic heterocycles. The normalized spacial score (nSPS) is 28.8. The molecule has 0 amide bonds. The summed E-state index contributed by atoms with van der Waals surface area (Å²) in [5.41, 5.74) is 5.97. The minimum Gasteiger partial charge on any atom is -0.465 e. The molecule has 1 aliphatic heterocycles. The van der Waals surface area contributed by atoms with Crippen molar-refractivity contribution < 1.29 is 9.53 Å². The van der Waals surface area contributed by atoms with Crippen LogP contribution in [0.2, 0.25) is 0 Å². The van der Waals surface area contributed by atoms with Gasteiger partial charge in [-0.25, -0.2) is 0 Å². The SMILES string of the molecule is CCOC(=O)C(CC)N1CCC(N)C(C)C1. The van der Waals surface area contributed by atoms with E-state index in [1.807, 2.05) is 13.8 Å². The van der Waals surface area contributed by atoms with Gasteiger partial charge in [0.2, 0.25) is 0 Å². The highest BCUT2D eigenvalue weighted by Gasteiger charge is 2.31. The number of nitrogens with zero attached hydrogens (tertiary/aromatic N) is 1. The van der Waals surface area contributed by atoms with Gasteiger partial charge in [0, 0.05) is 19.1 Å². The lowest BCUT2D eigenvalue weighted by atomic mass is 9.93. The summed E-state index contributed by atoms with van der Waals surface area (Å²) in [5.74, 6) is 0.366. The molecule has 0 aromatic carbocycles. The first-order valence-electron chi connectivity index (χ1n) is 6.26. The van der Waals surface area contributed by atoms with Crippen molar-refractivity contribution in [2.75, 3.05) is 19.7 Å². The molecule has 4 nitrogen and oxygen atoms in total. The summed E-state index contributed by atoms with van der Waals surface area (Å²) < 4.78 is 5.10. The average molecular weight is 228 g/mol. The Morgan fingerprint density at radius 3 is 2.75 bits per heavy atom. The smallest absolute Gasteiger partial charge is 0.323 e. The van der Waals surface area contributed by atoms with E-state index in [0.29, 0.717) is 12.5 Å². The first-order valence-corrected chi connectivity index (χ1v) is 6.26. The van der Waals surface area contributed by atoms with E-state index >= 15 is 0 Å². The quantitative estimate of drug-likeness (QED) is 0.729. The lowest BCUT2D eigenvalue weighted by molar-refractivity contribution is -0.150. The topological polar surface area (TPSA) is 55.6 Å². The molecule has 0 aromatic rings. The molecule has 2 N–H and O–H groups in total. The second-order valence-corrected chi connectivity index (χ2v) is 4.60. The zero-order chi connectivity index (χ0) is 12.1. The fraction of sp³-hybridized carbons (Fsp3) is 0.917. The van der Waals surface area contributed by atoms with Gasteiger partial charge in [-0.1, -0.05) is 13.8 Å². The predicted molar refractivity (Wildman–Crippen MR) is 64.0 cm³/mol. The van der Waals surface area contributed by atoms with E-state index in [4.69, 9.17) is 10.5 Å². The molecule has 0 bridgehead atoms. The fourth-order valence-corrected chi connectivity index (χ4v) is 2.29. The molecule has 1 fully saturated rings. The van der Waals surface area contributed by atoms with Crippen molar-refractivity contribution in [2.24, 2.45) is 11.7 Å². The van der Waals surface area contributed by atoms with E-state index in [0.717, 1.165) is 25.9 Å². The number of hydrogen-bond acceptors (Lipinski definition) is 4. The third kappa shape index (κ3) is 3.19. The van der Waals surface area contributed by atoms with Crippen LogP contribution in [-0.4, -0.2) is 42.6 Å². The molecule has 1 saturated heterocycles. The summed E-state index contributed by atoms with van der Waals surface area (Å²) in [6, 6.07) is 0.186. The number of rotatable bonds is 4. The second kappa shape index (κ2) is 6.21. The van der Waals surface area contributed by atoms with E-state index in [9.17, 15) is 4.79 Å². The van der Waals surface area contributed by atoms with Gasteiger partial charge in [-0.2, -0.15) is 0 Å². The van der Waals surface area contributed by atoms with E-state index in [1.54, 1.807) is 0 Å². The lowest BCUT2D eigenvalue weighted by Gasteiger charge is -2.38. The van der Waals surface area contributed by atoms with Crippen LogP contribution in [0.5, 0.6) is 0 Å². The molecule has 1 aliphatic rings. The van der Waals surface area contributed by atoms with Crippen LogP contribution in [0.3, 0.4) is 0 Å². The maximum absolute atomic E-state index is 11.8. The van der Waals surface area contributed by atoms with Crippen LogP contribution in [-0.2, 0) is 9.53 Å². The molecule has 3 atom stereocenters. The number of piperidine rings is 1. The van der Waals surface area contributed by atoms with Crippen molar-refractivity contribution in [1.82, 2.24) is 4.90 Å². The van der Waals surface area contributed by atoms with Gasteiger partial charge < -0.3 is 10.5 Å². The predicted octanol–water partition coefficient (Wildman–Crippen LogP) is 0.997. The van der Waals surface area contributed by atoms with E-state index in [-0.39, 0.29) is 18.1 Å². The third-order valence-corrected chi connectivity index (χ3v) is 3.39. The first-order chi connectivity index (χ1) is 7.60. The summed E-state index contributed by atoms with van der Waals surface area (Å²) in [4.78, 5) is 14.0. The van der Waals surface area contributed by atoms with Crippen molar-refractivity contribution in [2.45, 2.75) is 45.7 Å². The Morgan fingerprint density at radius 1 is 1.56 bits per heavy atom. The largest absolute Gasteiger partial charge is 0.465 e. The van der Waals surface area contributed by atoms with Gasteiger partial charge in [-0.3, -0.25) is 9.69 Å². The highest BCUT2D eigenvalue weighted by molar-refractivity contribution is 5.75. The molecule has 1 rings (SSSR count). The molecule has 16 heavy (non-hydrogen) atoms. The number of esters is 1. The van der Waals surface area contributed by atoms with Crippen molar-refractivity contribution in [1.29, 1.82) is 0 Å². The molecule has 1 heterocycles. The van der Waals surface area contributed by atoms with Gasteiger partial charge in [-0.05, 0) is 25.7 Å². The van der Waals surface area contributed by atoms with Crippen LogP contribution >= 0.6 is 0 Å². The number of likely N-dealkylation sites (tertiary alicyclic amines) is 1. The number of carbonyl (C=O) groups excluding carboxylic acids is 1. The Bertz CT molecular complexity index is 233. The van der Waals surface area contributed by atoms with Crippen LogP contribution in [0.25, 0.3) is 0 Å². The van der Waals surface area contributed by atoms with Crippen molar-refractivity contribution in [3.8, 4) is 0 Å². The summed E-state index contributed by atoms with van der Waals surface area (Å²) in [5, 5.41) is 0. The fourth-order valence-electron chi connectivity index (χ4n) is 2.29. The van der Waals surface area contributed by atoms with E-state index in [2.05, 4.69) is 11.8 Å². The standard InChI is InChI=1S/C12H24N2O2/c1-4-11(12(15)16-5-2)14-7-6-10(13)9(3)8-14/h9-11H,4-8,13H2,1-3H3. The Hall–Kier alpha value is -0.610. The summed E-state index contributed by atoms with van der Waals surface area (Å²) in [7, 11) is 0. The maximum Gasteiger partial charge on any atom is 0.323 e. The molecular formula is C12H24N2O2. The van der Waals surface area contributed by atoms with Gasteiger partial charge in [-0.15, -0.1) is 0 Å². The number of ether oxygens (including phenoxy) is 1. The van der Waals surface area contributed by atoms with Crippen LogP contribution in [0.1, 0.15) is 33.6 Å². The van der Waals surface area contributed by atoms with Crippen molar-refractivity contribution in [3.63, 3.8) is 0 Å². The van der Waals surface area contributed by atoms with E-state index < -0.39 is 0 Å². The maximum atomic E-state index is 11.8. The summed E-state index contributed by atoms with van der Waals surface area (Å²) in [6.45, 7) is 8.29. The van der Waals surface area contributed by atoms with Crippen LogP contribution in [0.15, 0.2) is 0 Å². The van der Waals surface area contributed by atoms with Crippen molar-refractivity contribution >= 4 is 5.97 Å². The van der Waals surface area contributed by atoms with Gasteiger partial charge in [0.25, 0.3) is 0 Å². The van der Waals surface area contributed by atoms with Gasteiger partial charge in [0.15, 0.2) is 0 Å². The first kappa shape index (κ1) is 13.5. The molecule has 0 spiro atoms. The zero-order valence-electron chi connectivity index (χ0n) is 10.6. The second-order valence-electron chi connectivity index (χ2n) is 4.60. The molecule has 94 valence electrons. The van der Waals surface area contributed by atoms with Crippen LogP contribution in [0, 0.1) is 5.92 Å². The molecule has 0 radical (unpaired) electrons. The van der Waals surface area contributed by atoms with Crippen molar-refractivity contribution in [3.05, 3.63) is 0 Å². The molecule has 3 unspecified atom stereocenters. The highest BCUT2D eigenvalue weighted by atomic mass is 16.5. The highest BCUT2D eigenvalue weighted by Crippen LogP contribution is 2.19. The third-order valence-electron chi connectivity index (χ3n) is 3.39. The zero-order valence-corrected chi connectivity index (χ0v) is 10.6. The lowest BCUT2D eigenvalue weighted by Crippen LogP contribution is -2.52. The van der Waals surface area contributed by atoms with Crippen LogP contribution in [0.4, 0.5) is 0 Å². The van der Waals surface area contributed by atoms with Gasteiger partial charge >= 0.3 is 5.97 Å². The monoisotopic (exact) mass is 228 g/mol. The minimum absolute atomic E-state index is 0.0881. The molecular weight excluding hydrogens is 204 g/mol. The Labute approximate surface area is 98.1 Å². The summed E-state index contributed by atoms with van der Waals surface area (Å²) >= 11 is 0. The van der Waals surface area contributed by atoms with E-state index in [1.165, 1.54) is 0 Å². The number of nitrogens with two attached hydrogens (primary N) is 1. The Balaban J connectivity index is 2.56. The van der Waals surface area contributed by atoms with Gasteiger partial charge in [0.05, 0.1) is 6.61 Å². The summed E-state index contributed by atoms with van der Waals surface area (Å²) in [6.07, 6.45) is 1.78. The number of hydrogen-bond donors (Lipinski definition) is 1. The Kier molecular flexibility index (Phi) is 5.22. The Morgan fingerprint density at radius 2 is 2.25 bits per heavy atom. The van der Waals surface area contributed by atoms with Crippen LogP contribution < -0.4 is 5.73 Å².